The summed E-state index contributed by atoms with van der Waals surface area (Å²) in [4.78, 5) is 0.347. The Hall–Kier alpha value is -1.66. The zero-order chi connectivity index (χ0) is 14.0. The molecule has 2 rings (SSSR count). The molecule has 0 atom stereocenters. The van der Waals surface area contributed by atoms with Gasteiger partial charge in [0.1, 0.15) is 0 Å². The van der Waals surface area contributed by atoms with Crippen LogP contribution in [0, 0.1) is 0 Å². The number of benzene rings is 1. The molecule has 1 aromatic carbocycles. The molecule has 0 spiro atoms. The van der Waals surface area contributed by atoms with Gasteiger partial charge >= 0.3 is 0 Å². The van der Waals surface area contributed by atoms with Crippen molar-refractivity contribution in [3.8, 4) is 11.3 Å². The number of hydrogen-bond acceptors (Lipinski definition) is 4. The van der Waals surface area contributed by atoms with Crippen LogP contribution in [0.4, 0.5) is 0 Å². The van der Waals surface area contributed by atoms with E-state index in [1.54, 1.807) is 35.9 Å². The smallest absolute Gasteiger partial charge is 0.178 e. The fraction of sp³-hybridized carbons (Fsp3) is 0.308. The summed E-state index contributed by atoms with van der Waals surface area (Å²) in [6.45, 7) is 2.02. The topological polar surface area (TPSA) is 78.0 Å². The van der Waals surface area contributed by atoms with Crippen molar-refractivity contribution in [3.63, 3.8) is 0 Å². The summed E-state index contributed by atoms with van der Waals surface area (Å²) >= 11 is 0. The minimum Gasteiger partial charge on any atom is -0.325 e. The van der Waals surface area contributed by atoms with Crippen LogP contribution in [0.3, 0.4) is 0 Å². The van der Waals surface area contributed by atoms with E-state index in [-0.39, 0.29) is 5.75 Å². The van der Waals surface area contributed by atoms with Gasteiger partial charge in [0.2, 0.25) is 0 Å². The van der Waals surface area contributed by atoms with Crippen molar-refractivity contribution in [1.82, 2.24) is 9.78 Å². The van der Waals surface area contributed by atoms with Crippen molar-refractivity contribution >= 4 is 9.84 Å². The normalized spacial score (nSPS) is 11.7. The lowest BCUT2D eigenvalue weighted by atomic mass is 10.1. The van der Waals surface area contributed by atoms with Gasteiger partial charge in [-0.2, -0.15) is 5.10 Å². The van der Waals surface area contributed by atoms with Crippen LogP contribution in [0.2, 0.25) is 0 Å². The molecule has 5 nitrogen and oxygen atoms in total. The molecule has 2 aromatic rings. The van der Waals surface area contributed by atoms with Crippen molar-refractivity contribution < 1.29 is 8.42 Å². The summed E-state index contributed by atoms with van der Waals surface area (Å²) in [6, 6.07) is 8.75. The second kappa shape index (κ2) is 5.14. The van der Waals surface area contributed by atoms with Crippen LogP contribution in [0.15, 0.2) is 35.2 Å². The molecule has 1 aromatic heterocycles. The van der Waals surface area contributed by atoms with Gasteiger partial charge in [0.05, 0.1) is 22.0 Å². The van der Waals surface area contributed by atoms with Gasteiger partial charge in [-0.1, -0.05) is 19.1 Å². The Morgan fingerprint density at radius 2 is 1.89 bits per heavy atom. The number of nitrogens with two attached hydrogens (primary N) is 1. The van der Waals surface area contributed by atoms with Crippen LogP contribution in [-0.4, -0.2) is 24.0 Å². The van der Waals surface area contributed by atoms with E-state index in [0.717, 1.165) is 17.0 Å². The number of rotatable bonds is 4. The van der Waals surface area contributed by atoms with Crippen molar-refractivity contribution in [2.24, 2.45) is 12.8 Å². The lowest BCUT2D eigenvalue weighted by molar-refractivity contribution is 0.597. The third kappa shape index (κ3) is 2.69. The van der Waals surface area contributed by atoms with Gasteiger partial charge in [-0.25, -0.2) is 8.42 Å². The SMILES string of the molecule is CCS(=O)(=O)c1ccc(-c2cc(CN)nn2C)cc1. The van der Waals surface area contributed by atoms with Gasteiger partial charge in [0.15, 0.2) is 9.84 Å². The molecule has 0 fully saturated rings. The highest BCUT2D eigenvalue weighted by Crippen LogP contribution is 2.22. The highest BCUT2D eigenvalue weighted by molar-refractivity contribution is 7.91. The van der Waals surface area contributed by atoms with Gasteiger partial charge in [-0.3, -0.25) is 4.68 Å². The number of hydrogen-bond donors (Lipinski definition) is 1. The molecular weight excluding hydrogens is 262 g/mol. The fourth-order valence-corrected chi connectivity index (χ4v) is 2.78. The number of sulfone groups is 1. The summed E-state index contributed by atoms with van der Waals surface area (Å²) in [5.41, 5.74) is 8.20. The third-order valence-corrected chi connectivity index (χ3v) is 4.78. The zero-order valence-corrected chi connectivity index (χ0v) is 11.8. The number of nitrogens with zero attached hydrogens (tertiary/aromatic N) is 2. The van der Waals surface area contributed by atoms with E-state index >= 15 is 0 Å². The Balaban J connectivity index is 2.40. The summed E-state index contributed by atoms with van der Waals surface area (Å²) in [6.07, 6.45) is 0. The lowest BCUT2D eigenvalue weighted by Gasteiger charge is -2.04. The van der Waals surface area contributed by atoms with E-state index in [1.807, 2.05) is 13.1 Å². The summed E-state index contributed by atoms with van der Waals surface area (Å²) < 4.78 is 25.2. The maximum absolute atomic E-state index is 11.7. The van der Waals surface area contributed by atoms with Gasteiger partial charge < -0.3 is 5.73 Å². The highest BCUT2D eigenvalue weighted by atomic mass is 32.2. The maximum Gasteiger partial charge on any atom is 0.178 e. The molecule has 0 radical (unpaired) electrons. The van der Waals surface area contributed by atoms with Crippen LogP contribution >= 0.6 is 0 Å². The van der Waals surface area contributed by atoms with Gasteiger partial charge in [0, 0.05) is 13.6 Å². The van der Waals surface area contributed by atoms with Crippen molar-refractivity contribution in [2.45, 2.75) is 18.4 Å². The van der Waals surface area contributed by atoms with Gasteiger partial charge in [0.25, 0.3) is 0 Å². The first-order valence-electron chi connectivity index (χ1n) is 6.04. The highest BCUT2D eigenvalue weighted by Gasteiger charge is 2.12. The van der Waals surface area contributed by atoms with E-state index in [1.165, 1.54) is 0 Å². The van der Waals surface area contributed by atoms with E-state index in [2.05, 4.69) is 5.10 Å². The monoisotopic (exact) mass is 279 g/mol. The van der Waals surface area contributed by atoms with E-state index in [4.69, 9.17) is 5.73 Å². The molecule has 0 bridgehead atoms. The Bertz CT molecular complexity index is 672. The largest absolute Gasteiger partial charge is 0.325 e. The molecule has 0 saturated heterocycles. The van der Waals surface area contributed by atoms with Crippen LogP contribution < -0.4 is 5.73 Å². The van der Waals surface area contributed by atoms with Crippen LogP contribution in [0.1, 0.15) is 12.6 Å². The number of aryl methyl sites for hydroxylation is 1. The minimum atomic E-state index is -3.15. The average Bonchev–Trinajstić information content (AvgIpc) is 2.80. The molecule has 0 amide bonds. The maximum atomic E-state index is 11.7. The fourth-order valence-electron chi connectivity index (χ4n) is 1.90. The van der Waals surface area contributed by atoms with Crippen LogP contribution in [0.5, 0.6) is 0 Å². The Kier molecular flexibility index (Phi) is 3.73. The molecule has 0 aliphatic rings. The molecular formula is C13H17N3O2S. The molecule has 19 heavy (non-hydrogen) atoms. The minimum absolute atomic E-state index is 0.107. The van der Waals surface area contributed by atoms with Gasteiger partial charge in [-0.05, 0) is 23.8 Å². The number of aromatic nitrogens is 2. The molecule has 102 valence electrons. The molecule has 1 heterocycles. The molecule has 0 aliphatic heterocycles. The molecule has 0 unspecified atom stereocenters. The Morgan fingerprint density at radius 1 is 1.26 bits per heavy atom. The summed E-state index contributed by atoms with van der Waals surface area (Å²) in [7, 11) is -1.31. The van der Waals surface area contributed by atoms with Gasteiger partial charge in [-0.15, -0.1) is 0 Å². The summed E-state index contributed by atoms with van der Waals surface area (Å²) in [5, 5.41) is 4.27. The Morgan fingerprint density at radius 3 is 2.37 bits per heavy atom. The quantitative estimate of drug-likeness (QED) is 0.916. The second-order valence-electron chi connectivity index (χ2n) is 4.28. The van der Waals surface area contributed by atoms with E-state index in [0.29, 0.717) is 11.4 Å². The first-order chi connectivity index (χ1) is 8.97. The van der Waals surface area contributed by atoms with E-state index < -0.39 is 9.84 Å². The first-order valence-corrected chi connectivity index (χ1v) is 7.69. The molecule has 0 saturated carbocycles. The lowest BCUT2D eigenvalue weighted by Crippen LogP contribution is -2.03. The van der Waals surface area contributed by atoms with Crippen molar-refractivity contribution in [3.05, 3.63) is 36.0 Å². The van der Waals surface area contributed by atoms with Crippen LogP contribution in [0.25, 0.3) is 11.3 Å². The summed E-state index contributed by atoms with van der Waals surface area (Å²) in [5.74, 6) is 0.107. The van der Waals surface area contributed by atoms with E-state index in [9.17, 15) is 8.42 Å². The van der Waals surface area contributed by atoms with Crippen molar-refractivity contribution in [2.75, 3.05) is 5.75 Å². The first kappa shape index (κ1) is 13.8. The standard InChI is InChI=1S/C13H17N3O2S/c1-3-19(17,18)12-6-4-10(5-7-12)13-8-11(9-14)15-16(13)2/h4-8H,3,9,14H2,1-2H3. The molecule has 0 aliphatic carbocycles. The molecule has 6 heteroatoms. The average molecular weight is 279 g/mol. The Labute approximate surface area is 113 Å². The predicted octanol–water partition coefficient (Wildman–Crippen LogP) is 1.34. The predicted molar refractivity (Wildman–Crippen MR) is 74.3 cm³/mol. The molecule has 2 N–H and O–H groups in total. The zero-order valence-electron chi connectivity index (χ0n) is 11.0. The third-order valence-electron chi connectivity index (χ3n) is 3.03. The second-order valence-corrected chi connectivity index (χ2v) is 6.55. The van der Waals surface area contributed by atoms with Crippen LogP contribution in [-0.2, 0) is 23.4 Å². The van der Waals surface area contributed by atoms with Crippen molar-refractivity contribution in [1.29, 1.82) is 0 Å².